The summed E-state index contributed by atoms with van der Waals surface area (Å²) in [5.41, 5.74) is 1.90. The van der Waals surface area contributed by atoms with Crippen LogP contribution in [0.2, 0.25) is 0 Å². The SMILES string of the molecule is O=C(CSc1nnc(-c2ccccc2)n1Cc1ccc2c(c1)OCO2)NC1CCS(=O)(=O)C1. The van der Waals surface area contributed by atoms with Gasteiger partial charge in [0, 0.05) is 11.6 Å². The molecule has 2 aromatic carbocycles. The maximum absolute atomic E-state index is 12.4. The Labute approximate surface area is 195 Å². The quantitative estimate of drug-likeness (QED) is 0.506. The van der Waals surface area contributed by atoms with Crippen molar-refractivity contribution in [3.8, 4) is 22.9 Å². The van der Waals surface area contributed by atoms with E-state index in [2.05, 4.69) is 15.5 Å². The van der Waals surface area contributed by atoms with E-state index in [1.165, 1.54) is 11.8 Å². The van der Waals surface area contributed by atoms with Gasteiger partial charge in [-0.3, -0.25) is 9.36 Å². The van der Waals surface area contributed by atoms with Crippen LogP contribution in [0.3, 0.4) is 0 Å². The van der Waals surface area contributed by atoms with Crippen LogP contribution in [0.5, 0.6) is 11.5 Å². The zero-order chi connectivity index (χ0) is 22.8. The molecule has 1 atom stereocenters. The number of nitrogens with zero attached hydrogens (tertiary/aromatic N) is 3. The first kappa shape index (κ1) is 21.8. The average Bonchev–Trinajstić information content (AvgIpc) is 3.51. The molecule has 2 aliphatic heterocycles. The highest BCUT2D eigenvalue weighted by Crippen LogP contribution is 2.33. The van der Waals surface area contributed by atoms with E-state index < -0.39 is 9.84 Å². The molecule has 0 bridgehead atoms. The number of sulfone groups is 1. The standard InChI is InChI=1S/C22H22N4O5S2/c27-20(23-17-8-9-33(28,29)13-17)12-32-22-25-24-21(16-4-2-1-3-5-16)26(22)11-15-6-7-18-19(10-15)31-14-30-18/h1-7,10,17H,8-9,11-14H2,(H,23,27). The summed E-state index contributed by atoms with van der Waals surface area (Å²) in [5, 5.41) is 12.1. The van der Waals surface area contributed by atoms with Crippen molar-refractivity contribution in [3.63, 3.8) is 0 Å². The summed E-state index contributed by atoms with van der Waals surface area (Å²) >= 11 is 1.27. The van der Waals surface area contributed by atoms with Crippen LogP contribution in [0, 0.1) is 0 Å². The Morgan fingerprint density at radius 2 is 1.94 bits per heavy atom. The number of hydrogen-bond acceptors (Lipinski definition) is 8. The molecule has 1 N–H and O–H groups in total. The summed E-state index contributed by atoms with van der Waals surface area (Å²) < 4.78 is 36.1. The lowest BCUT2D eigenvalue weighted by Gasteiger charge is -2.12. The number of ether oxygens (including phenoxy) is 2. The summed E-state index contributed by atoms with van der Waals surface area (Å²) in [5.74, 6) is 2.12. The van der Waals surface area contributed by atoms with Crippen LogP contribution >= 0.6 is 11.8 Å². The van der Waals surface area contributed by atoms with Gasteiger partial charge >= 0.3 is 0 Å². The highest BCUT2D eigenvalue weighted by atomic mass is 32.2. The molecule has 0 aliphatic carbocycles. The fourth-order valence-electron chi connectivity index (χ4n) is 3.87. The van der Waals surface area contributed by atoms with E-state index in [1.807, 2.05) is 53.1 Å². The first-order valence-corrected chi connectivity index (χ1v) is 13.3. The van der Waals surface area contributed by atoms with E-state index in [-0.39, 0.29) is 36.0 Å². The van der Waals surface area contributed by atoms with Crippen LogP contribution in [0.1, 0.15) is 12.0 Å². The minimum Gasteiger partial charge on any atom is -0.454 e. The molecule has 3 heterocycles. The average molecular weight is 487 g/mol. The van der Waals surface area contributed by atoms with Crippen molar-refractivity contribution < 1.29 is 22.7 Å². The van der Waals surface area contributed by atoms with E-state index in [0.717, 1.165) is 11.1 Å². The van der Waals surface area contributed by atoms with Gasteiger partial charge in [0.05, 0.1) is 23.8 Å². The monoisotopic (exact) mass is 486 g/mol. The number of carbonyl (C=O) groups excluding carboxylic acids is 1. The van der Waals surface area contributed by atoms with Crippen LogP contribution in [-0.2, 0) is 21.2 Å². The fourth-order valence-corrected chi connectivity index (χ4v) is 6.29. The molecule has 1 unspecified atom stereocenters. The molecule has 5 rings (SSSR count). The third kappa shape index (κ3) is 4.98. The first-order chi connectivity index (χ1) is 16.0. The van der Waals surface area contributed by atoms with Crippen molar-refractivity contribution in [1.29, 1.82) is 0 Å². The molecule has 1 saturated heterocycles. The number of benzene rings is 2. The Kier molecular flexibility index (Phi) is 5.98. The second-order valence-electron chi connectivity index (χ2n) is 7.90. The molecule has 11 heteroatoms. The van der Waals surface area contributed by atoms with Gasteiger partial charge in [-0.05, 0) is 24.1 Å². The number of amides is 1. The molecule has 0 radical (unpaired) electrons. The van der Waals surface area contributed by atoms with Crippen LogP contribution in [0.4, 0.5) is 0 Å². The van der Waals surface area contributed by atoms with Gasteiger partial charge in [0.15, 0.2) is 32.3 Å². The Balaban J connectivity index is 1.34. The summed E-state index contributed by atoms with van der Waals surface area (Å²) in [6, 6.07) is 15.2. The zero-order valence-corrected chi connectivity index (χ0v) is 19.3. The Hall–Kier alpha value is -3.05. The van der Waals surface area contributed by atoms with Crippen LogP contribution in [0.15, 0.2) is 53.7 Å². The Morgan fingerprint density at radius 3 is 2.73 bits per heavy atom. The maximum Gasteiger partial charge on any atom is 0.231 e. The van der Waals surface area contributed by atoms with E-state index in [1.54, 1.807) is 0 Å². The zero-order valence-electron chi connectivity index (χ0n) is 17.6. The molecule has 33 heavy (non-hydrogen) atoms. The number of nitrogens with one attached hydrogen (secondary N) is 1. The third-order valence-corrected chi connectivity index (χ3v) is 8.19. The lowest BCUT2D eigenvalue weighted by Crippen LogP contribution is -2.36. The van der Waals surface area contributed by atoms with E-state index in [4.69, 9.17) is 9.47 Å². The molecular formula is C22H22N4O5S2. The van der Waals surface area contributed by atoms with E-state index in [0.29, 0.717) is 35.4 Å². The van der Waals surface area contributed by atoms with Gasteiger partial charge in [0.2, 0.25) is 12.7 Å². The minimum atomic E-state index is -3.05. The number of fused-ring (bicyclic) bond motifs is 1. The highest BCUT2D eigenvalue weighted by Gasteiger charge is 2.29. The van der Waals surface area contributed by atoms with Gasteiger partial charge in [0.25, 0.3) is 0 Å². The molecule has 3 aromatic rings. The van der Waals surface area contributed by atoms with Gasteiger partial charge in [-0.1, -0.05) is 48.2 Å². The second-order valence-corrected chi connectivity index (χ2v) is 11.1. The molecular weight excluding hydrogens is 464 g/mol. The molecule has 9 nitrogen and oxygen atoms in total. The summed E-state index contributed by atoms with van der Waals surface area (Å²) in [7, 11) is -3.05. The van der Waals surface area contributed by atoms with Crippen molar-refractivity contribution in [2.75, 3.05) is 24.1 Å². The van der Waals surface area contributed by atoms with Gasteiger partial charge in [-0.2, -0.15) is 0 Å². The largest absolute Gasteiger partial charge is 0.454 e. The molecule has 0 saturated carbocycles. The maximum atomic E-state index is 12.4. The van der Waals surface area contributed by atoms with Crippen molar-refractivity contribution >= 4 is 27.5 Å². The first-order valence-electron chi connectivity index (χ1n) is 10.5. The third-order valence-electron chi connectivity index (χ3n) is 5.46. The summed E-state index contributed by atoms with van der Waals surface area (Å²) in [6.45, 7) is 0.692. The van der Waals surface area contributed by atoms with Crippen LogP contribution in [-0.4, -0.2) is 59.2 Å². The van der Waals surface area contributed by atoms with Gasteiger partial charge < -0.3 is 14.8 Å². The molecule has 172 valence electrons. The fraction of sp³-hybridized carbons (Fsp3) is 0.318. The molecule has 1 aromatic heterocycles. The normalized spacial score (nSPS) is 18.4. The van der Waals surface area contributed by atoms with Crippen molar-refractivity contribution in [3.05, 3.63) is 54.1 Å². The smallest absolute Gasteiger partial charge is 0.231 e. The topological polar surface area (TPSA) is 112 Å². The predicted octanol–water partition coefficient (Wildman–Crippen LogP) is 2.12. The minimum absolute atomic E-state index is 0.00184. The Morgan fingerprint density at radius 1 is 1.12 bits per heavy atom. The predicted molar refractivity (Wildman–Crippen MR) is 123 cm³/mol. The van der Waals surface area contributed by atoms with Crippen molar-refractivity contribution in [2.45, 2.75) is 24.2 Å². The van der Waals surface area contributed by atoms with Crippen LogP contribution < -0.4 is 14.8 Å². The van der Waals surface area contributed by atoms with Crippen molar-refractivity contribution in [2.24, 2.45) is 0 Å². The van der Waals surface area contributed by atoms with Crippen molar-refractivity contribution in [1.82, 2.24) is 20.1 Å². The molecule has 1 amide bonds. The number of rotatable bonds is 7. The second kappa shape index (κ2) is 9.06. The molecule has 1 fully saturated rings. The van der Waals surface area contributed by atoms with Gasteiger partial charge in [0.1, 0.15) is 0 Å². The number of aromatic nitrogens is 3. The molecule has 0 spiro atoms. The number of hydrogen-bond donors (Lipinski definition) is 1. The molecule has 2 aliphatic rings. The summed E-state index contributed by atoms with van der Waals surface area (Å²) in [6.07, 6.45) is 0.456. The highest BCUT2D eigenvalue weighted by molar-refractivity contribution is 7.99. The van der Waals surface area contributed by atoms with Crippen LogP contribution in [0.25, 0.3) is 11.4 Å². The Bertz CT molecular complexity index is 1280. The lowest BCUT2D eigenvalue weighted by atomic mass is 10.2. The van der Waals surface area contributed by atoms with Gasteiger partial charge in [-0.25, -0.2) is 8.42 Å². The lowest BCUT2D eigenvalue weighted by molar-refractivity contribution is -0.119. The van der Waals surface area contributed by atoms with Gasteiger partial charge in [-0.15, -0.1) is 10.2 Å². The number of carbonyl (C=O) groups is 1. The number of thioether (sulfide) groups is 1. The van der Waals surface area contributed by atoms with E-state index >= 15 is 0 Å². The van der Waals surface area contributed by atoms with E-state index in [9.17, 15) is 13.2 Å². The summed E-state index contributed by atoms with van der Waals surface area (Å²) in [4.78, 5) is 12.4.